The molecule has 3 rings (SSSR count). The smallest absolute Gasteiger partial charge is 0.0538 e. The van der Waals surface area contributed by atoms with Gasteiger partial charge >= 0.3 is 0 Å². The second-order valence-electron chi connectivity index (χ2n) is 5.01. The van der Waals surface area contributed by atoms with Crippen molar-refractivity contribution in [2.24, 2.45) is 0 Å². The fourth-order valence-corrected chi connectivity index (χ4v) is 4.14. The van der Waals surface area contributed by atoms with Gasteiger partial charge in [-0.25, -0.2) is 0 Å². The molecule has 0 bridgehead atoms. The van der Waals surface area contributed by atoms with Crippen LogP contribution in [-0.2, 0) is 0 Å². The van der Waals surface area contributed by atoms with Gasteiger partial charge in [0.05, 0.1) is 5.69 Å². The predicted octanol–water partition coefficient (Wildman–Crippen LogP) is 2.53. The Hall–Kier alpha value is -0.290. The summed E-state index contributed by atoms with van der Waals surface area (Å²) in [5.74, 6) is 0.716. The number of hydrogen-bond acceptors (Lipinski definition) is 2. The van der Waals surface area contributed by atoms with Gasteiger partial charge in [-0.3, -0.25) is 0 Å². The summed E-state index contributed by atoms with van der Waals surface area (Å²) in [7, 11) is 4.50. The maximum Gasteiger partial charge on any atom is 0.0538 e. The Morgan fingerprint density at radius 2 is 2.12 bits per heavy atom. The summed E-state index contributed by atoms with van der Waals surface area (Å²) < 4.78 is 1.40. The Balaban J connectivity index is 2.07. The highest BCUT2D eigenvalue weighted by Gasteiger charge is 2.40. The van der Waals surface area contributed by atoms with Crippen molar-refractivity contribution in [1.82, 2.24) is 4.90 Å². The summed E-state index contributed by atoms with van der Waals surface area (Å²) >= 11 is 2.46. The average molecular weight is 328 g/mol. The molecule has 1 saturated heterocycles. The molecule has 0 unspecified atom stereocenters. The first-order chi connectivity index (χ1) is 7.68. The summed E-state index contributed by atoms with van der Waals surface area (Å²) in [5.41, 5.74) is 3.04. The Morgan fingerprint density at radius 3 is 2.94 bits per heavy atom. The maximum atomic E-state index is 2.51. The minimum absolute atomic E-state index is 0.716. The lowest BCUT2D eigenvalue weighted by Gasteiger charge is -2.35. The molecular weight excluding hydrogens is 311 g/mol. The zero-order chi connectivity index (χ0) is 11.3. The van der Waals surface area contributed by atoms with Gasteiger partial charge in [-0.05, 0) is 54.2 Å². The van der Waals surface area contributed by atoms with E-state index in [0.29, 0.717) is 5.92 Å². The van der Waals surface area contributed by atoms with Crippen molar-refractivity contribution in [2.75, 3.05) is 32.1 Å². The second-order valence-corrected chi connectivity index (χ2v) is 6.18. The third-order valence-corrected chi connectivity index (χ3v) is 4.92. The second kappa shape index (κ2) is 3.88. The highest BCUT2D eigenvalue weighted by Crippen LogP contribution is 2.45. The zero-order valence-electron chi connectivity index (χ0n) is 9.78. The number of rotatable bonds is 0. The lowest BCUT2D eigenvalue weighted by Crippen LogP contribution is -2.43. The van der Waals surface area contributed by atoms with Crippen LogP contribution in [0.15, 0.2) is 18.2 Å². The number of likely N-dealkylation sites (N-methyl/N-ethyl adjacent to an activating group) is 2. The van der Waals surface area contributed by atoms with Gasteiger partial charge in [-0.2, -0.15) is 0 Å². The van der Waals surface area contributed by atoms with Crippen LogP contribution in [-0.4, -0.2) is 38.1 Å². The molecule has 0 N–H and O–H groups in total. The molecular formula is C13H17IN2. The summed E-state index contributed by atoms with van der Waals surface area (Å²) in [5, 5.41) is 0. The minimum atomic E-state index is 0.716. The predicted molar refractivity (Wildman–Crippen MR) is 76.2 cm³/mol. The molecule has 2 aliphatic heterocycles. The van der Waals surface area contributed by atoms with Crippen LogP contribution in [0.1, 0.15) is 17.9 Å². The molecule has 3 heteroatoms. The molecule has 2 nitrogen and oxygen atoms in total. The van der Waals surface area contributed by atoms with Gasteiger partial charge < -0.3 is 9.80 Å². The Labute approximate surface area is 111 Å². The number of likely N-dealkylation sites (tertiary alicyclic amines) is 1. The molecule has 86 valence electrons. The van der Waals surface area contributed by atoms with Crippen molar-refractivity contribution < 1.29 is 0 Å². The first kappa shape index (κ1) is 10.8. The number of halogens is 1. The van der Waals surface area contributed by atoms with Crippen LogP contribution in [0, 0.1) is 3.57 Å². The number of fused-ring (bicyclic) bond motifs is 3. The molecule has 0 radical (unpaired) electrons. The molecule has 0 spiro atoms. The van der Waals surface area contributed by atoms with Crippen LogP contribution >= 0.6 is 22.6 Å². The molecule has 0 amide bonds. The topological polar surface area (TPSA) is 6.48 Å². The van der Waals surface area contributed by atoms with E-state index in [4.69, 9.17) is 0 Å². The lowest BCUT2D eigenvalue weighted by atomic mass is 9.89. The van der Waals surface area contributed by atoms with E-state index in [0.717, 1.165) is 6.04 Å². The van der Waals surface area contributed by atoms with Crippen LogP contribution in [0.2, 0.25) is 0 Å². The molecule has 2 atom stereocenters. The molecule has 0 saturated carbocycles. The van der Waals surface area contributed by atoms with Crippen LogP contribution in [0.4, 0.5) is 5.69 Å². The van der Waals surface area contributed by atoms with Gasteiger partial charge in [0.2, 0.25) is 0 Å². The molecule has 2 aliphatic rings. The minimum Gasteiger partial charge on any atom is -0.370 e. The van der Waals surface area contributed by atoms with Gasteiger partial charge in [-0.1, -0.05) is 12.1 Å². The van der Waals surface area contributed by atoms with E-state index < -0.39 is 0 Å². The zero-order valence-corrected chi connectivity index (χ0v) is 11.9. The van der Waals surface area contributed by atoms with Crippen LogP contribution in [0.3, 0.4) is 0 Å². The Bertz CT molecular complexity index is 418. The highest BCUT2D eigenvalue weighted by molar-refractivity contribution is 14.1. The van der Waals surface area contributed by atoms with Crippen molar-refractivity contribution in [3.8, 4) is 0 Å². The molecule has 1 aromatic carbocycles. The van der Waals surface area contributed by atoms with Crippen LogP contribution in [0.25, 0.3) is 0 Å². The van der Waals surface area contributed by atoms with E-state index in [1.165, 1.54) is 28.8 Å². The van der Waals surface area contributed by atoms with Crippen molar-refractivity contribution in [2.45, 2.75) is 18.4 Å². The number of piperidine rings is 1. The lowest BCUT2D eigenvalue weighted by molar-refractivity contribution is 0.234. The maximum absolute atomic E-state index is 2.51. The van der Waals surface area contributed by atoms with Crippen molar-refractivity contribution in [1.29, 1.82) is 0 Å². The third-order valence-electron chi connectivity index (χ3n) is 4.05. The largest absolute Gasteiger partial charge is 0.370 e. The summed E-state index contributed by atoms with van der Waals surface area (Å²) in [4.78, 5) is 4.97. The Kier molecular flexibility index (Phi) is 2.63. The monoisotopic (exact) mass is 328 g/mol. The molecule has 0 aliphatic carbocycles. The first-order valence-electron chi connectivity index (χ1n) is 5.88. The van der Waals surface area contributed by atoms with E-state index in [2.05, 4.69) is 64.7 Å². The fraction of sp³-hybridized carbons (Fsp3) is 0.538. The summed E-state index contributed by atoms with van der Waals surface area (Å²) in [6.45, 7) is 2.44. The van der Waals surface area contributed by atoms with Gasteiger partial charge in [0, 0.05) is 29.1 Å². The number of benzene rings is 1. The number of nitrogens with zero attached hydrogens (tertiary/aromatic N) is 2. The quantitative estimate of drug-likeness (QED) is 0.676. The number of anilines is 1. The van der Waals surface area contributed by atoms with E-state index in [9.17, 15) is 0 Å². The van der Waals surface area contributed by atoms with Gasteiger partial charge in [0.25, 0.3) is 0 Å². The average Bonchev–Trinajstić information content (AvgIpc) is 2.54. The summed E-state index contributed by atoms with van der Waals surface area (Å²) in [6, 6.07) is 7.46. The van der Waals surface area contributed by atoms with Crippen molar-refractivity contribution in [3.05, 3.63) is 27.3 Å². The molecule has 1 fully saturated rings. The normalized spacial score (nSPS) is 29.1. The van der Waals surface area contributed by atoms with E-state index in [1.807, 2.05) is 0 Å². The van der Waals surface area contributed by atoms with Crippen molar-refractivity contribution in [3.63, 3.8) is 0 Å². The fourth-order valence-electron chi connectivity index (χ4n) is 3.24. The van der Waals surface area contributed by atoms with Crippen molar-refractivity contribution >= 4 is 28.3 Å². The summed E-state index contributed by atoms with van der Waals surface area (Å²) in [6.07, 6.45) is 1.29. The van der Waals surface area contributed by atoms with Gasteiger partial charge in [0.1, 0.15) is 0 Å². The van der Waals surface area contributed by atoms with Gasteiger partial charge in [-0.15, -0.1) is 0 Å². The first-order valence-corrected chi connectivity index (χ1v) is 6.96. The van der Waals surface area contributed by atoms with E-state index in [1.54, 1.807) is 5.56 Å². The third kappa shape index (κ3) is 1.48. The van der Waals surface area contributed by atoms with E-state index in [-0.39, 0.29) is 0 Å². The van der Waals surface area contributed by atoms with Gasteiger partial charge in [0.15, 0.2) is 0 Å². The number of para-hydroxylation sites is 1. The molecule has 1 aromatic rings. The molecule has 2 heterocycles. The van der Waals surface area contributed by atoms with Crippen LogP contribution < -0.4 is 4.90 Å². The standard InChI is InChI=1S/C13H17IN2/c1-15-7-6-12-10(8-15)9-4-3-5-11(14)13(9)16(12)2/h3-5,10,12H,6-8H2,1-2H3/t10-,12+/m0/s1. The Morgan fingerprint density at radius 1 is 1.31 bits per heavy atom. The van der Waals surface area contributed by atoms with E-state index >= 15 is 0 Å². The molecule has 0 aromatic heterocycles. The SMILES string of the molecule is CN1CC[C@@H]2[C@@H](C1)c1cccc(I)c1N2C. The highest BCUT2D eigenvalue weighted by atomic mass is 127. The number of hydrogen-bond donors (Lipinski definition) is 0. The van der Waals surface area contributed by atoms with Crippen LogP contribution in [0.5, 0.6) is 0 Å². The molecule has 16 heavy (non-hydrogen) atoms.